The smallest absolute Gasteiger partial charge is 0.248 e. The lowest BCUT2D eigenvalue weighted by Crippen LogP contribution is -2.15. The molecule has 0 atom stereocenters. The molecular weight excluding hydrogens is 250 g/mol. The molecule has 3 rings (SSSR count). The van der Waals surface area contributed by atoms with Gasteiger partial charge in [-0.15, -0.1) is 10.2 Å². The van der Waals surface area contributed by atoms with E-state index in [9.17, 15) is 0 Å². The molecule has 0 spiro atoms. The highest BCUT2D eigenvalue weighted by Crippen LogP contribution is 2.25. The van der Waals surface area contributed by atoms with E-state index in [0.29, 0.717) is 29.4 Å². The van der Waals surface area contributed by atoms with Crippen LogP contribution in [0.2, 0.25) is 5.02 Å². The van der Waals surface area contributed by atoms with E-state index in [4.69, 9.17) is 16.0 Å². The van der Waals surface area contributed by atoms with Crippen molar-refractivity contribution in [1.29, 1.82) is 0 Å². The van der Waals surface area contributed by atoms with Crippen molar-refractivity contribution in [2.45, 2.75) is 32.4 Å². The molecule has 2 aromatic rings. The van der Waals surface area contributed by atoms with Crippen LogP contribution in [0.1, 0.15) is 24.3 Å². The van der Waals surface area contributed by atoms with E-state index in [-0.39, 0.29) is 0 Å². The molecule has 1 aliphatic rings. The van der Waals surface area contributed by atoms with Crippen LogP contribution < -0.4 is 5.32 Å². The van der Waals surface area contributed by atoms with Gasteiger partial charge in [0, 0.05) is 16.6 Å². The Bertz CT molecular complexity index is 563. The maximum absolute atomic E-state index is 5.98. The number of halogens is 1. The van der Waals surface area contributed by atoms with E-state index in [1.165, 1.54) is 12.8 Å². The molecule has 4 nitrogen and oxygen atoms in total. The summed E-state index contributed by atoms with van der Waals surface area (Å²) in [5, 5.41) is 12.1. The summed E-state index contributed by atoms with van der Waals surface area (Å²) in [4.78, 5) is 0. The minimum absolute atomic E-state index is 0.530. The second kappa shape index (κ2) is 4.71. The van der Waals surface area contributed by atoms with Gasteiger partial charge in [0.05, 0.1) is 6.54 Å². The molecule has 94 valence electrons. The second-order valence-corrected chi connectivity index (χ2v) is 5.05. The van der Waals surface area contributed by atoms with Gasteiger partial charge in [-0.25, -0.2) is 0 Å². The van der Waals surface area contributed by atoms with E-state index in [0.717, 1.165) is 11.1 Å². The van der Waals surface area contributed by atoms with Crippen LogP contribution >= 0.6 is 11.6 Å². The summed E-state index contributed by atoms with van der Waals surface area (Å²) in [6, 6.07) is 6.28. The zero-order valence-electron chi connectivity index (χ0n) is 10.1. The Morgan fingerprint density at radius 2 is 2.22 bits per heavy atom. The van der Waals surface area contributed by atoms with Crippen molar-refractivity contribution < 1.29 is 4.42 Å². The molecule has 1 N–H and O–H groups in total. The van der Waals surface area contributed by atoms with Crippen LogP contribution in [0.4, 0.5) is 0 Å². The lowest BCUT2D eigenvalue weighted by molar-refractivity contribution is 0.476. The molecular formula is C13H14ClN3O. The number of aryl methyl sites for hydroxylation is 1. The molecule has 0 radical (unpaired) electrons. The van der Waals surface area contributed by atoms with Crippen LogP contribution in [0.3, 0.4) is 0 Å². The van der Waals surface area contributed by atoms with Gasteiger partial charge in [0.2, 0.25) is 11.8 Å². The number of rotatable bonds is 4. The summed E-state index contributed by atoms with van der Waals surface area (Å²) in [5.74, 6) is 1.15. The van der Waals surface area contributed by atoms with Crippen LogP contribution in [-0.4, -0.2) is 16.2 Å². The van der Waals surface area contributed by atoms with Crippen molar-refractivity contribution >= 4 is 11.6 Å². The van der Waals surface area contributed by atoms with Crippen molar-refractivity contribution in [3.8, 4) is 11.5 Å². The quantitative estimate of drug-likeness (QED) is 0.921. The maximum atomic E-state index is 5.98. The fourth-order valence-corrected chi connectivity index (χ4v) is 1.95. The summed E-state index contributed by atoms with van der Waals surface area (Å²) in [7, 11) is 0. The van der Waals surface area contributed by atoms with Crippen molar-refractivity contribution in [1.82, 2.24) is 15.5 Å². The highest BCUT2D eigenvalue weighted by atomic mass is 35.5. The molecule has 0 aliphatic heterocycles. The Hall–Kier alpha value is -1.39. The number of nitrogens with one attached hydrogen (secondary N) is 1. The van der Waals surface area contributed by atoms with Crippen LogP contribution in [0.5, 0.6) is 0 Å². The van der Waals surface area contributed by atoms with E-state index in [2.05, 4.69) is 15.5 Å². The van der Waals surface area contributed by atoms with Crippen LogP contribution in [0.25, 0.3) is 11.5 Å². The van der Waals surface area contributed by atoms with Gasteiger partial charge in [0.15, 0.2) is 0 Å². The van der Waals surface area contributed by atoms with Crippen LogP contribution in [-0.2, 0) is 6.54 Å². The summed E-state index contributed by atoms with van der Waals surface area (Å²) >= 11 is 5.98. The molecule has 1 heterocycles. The Morgan fingerprint density at radius 1 is 1.39 bits per heavy atom. The number of benzene rings is 1. The summed E-state index contributed by atoms with van der Waals surface area (Å²) in [6.45, 7) is 2.63. The Kier molecular flexibility index (Phi) is 3.06. The summed E-state index contributed by atoms with van der Waals surface area (Å²) < 4.78 is 5.64. The van der Waals surface area contributed by atoms with Gasteiger partial charge in [0.25, 0.3) is 0 Å². The average molecular weight is 264 g/mol. The molecule has 1 fully saturated rings. The van der Waals surface area contributed by atoms with E-state index < -0.39 is 0 Å². The third kappa shape index (κ3) is 2.54. The first kappa shape index (κ1) is 11.7. The maximum Gasteiger partial charge on any atom is 0.248 e. The zero-order valence-corrected chi connectivity index (χ0v) is 10.9. The fourth-order valence-electron chi connectivity index (χ4n) is 1.78. The summed E-state index contributed by atoms with van der Waals surface area (Å²) in [6.07, 6.45) is 2.49. The largest absolute Gasteiger partial charge is 0.419 e. The van der Waals surface area contributed by atoms with Gasteiger partial charge in [-0.1, -0.05) is 17.7 Å². The third-order valence-electron chi connectivity index (χ3n) is 3.02. The molecule has 1 aromatic carbocycles. The lowest BCUT2D eigenvalue weighted by Gasteiger charge is -2.01. The van der Waals surface area contributed by atoms with Gasteiger partial charge < -0.3 is 9.73 Å². The monoisotopic (exact) mass is 263 g/mol. The Morgan fingerprint density at radius 3 is 3.00 bits per heavy atom. The minimum atomic E-state index is 0.530. The zero-order chi connectivity index (χ0) is 12.5. The molecule has 18 heavy (non-hydrogen) atoms. The lowest BCUT2D eigenvalue weighted by atomic mass is 10.1. The van der Waals surface area contributed by atoms with E-state index in [1.807, 2.05) is 25.1 Å². The Labute approximate surface area is 110 Å². The van der Waals surface area contributed by atoms with Gasteiger partial charge in [0.1, 0.15) is 0 Å². The molecule has 5 heteroatoms. The van der Waals surface area contributed by atoms with Crippen molar-refractivity contribution in [2.75, 3.05) is 0 Å². The number of aromatic nitrogens is 2. The fraction of sp³-hybridized carbons (Fsp3) is 0.385. The standard InChI is InChI=1S/C13H14ClN3O/c1-8-2-3-9(14)6-11(8)13-17-16-12(18-13)7-15-10-4-5-10/h2-3,6,10,15H,4-5,7H2,1H3. The first-order valence-corrected chi connectivity index (χ1v) is 6.42. The van der Waals surface area contributed by atoms with Gasteiger partial charge >= 0.3 is 0 Å². The number of hydrogen-bond donors (Lipinski definition) is 1. The molecule has 1 aromatic heterocycles. The number of nitrogens with zero attached hydrogens (tertiary/aromatic N) is 2. The predicted octanol–water partition coefficient (Wildman–Crippen LogP) is 2.95. The predicted molar refractivity (Wildman–Crippen MR) is 69.3 cm³/mol. The van der Waals surface area contributed by atoms with Gasteiger partial charge in [-0.05, 0) is 37.5 Å². The highest BCUT2D eigenvalue weighted by Gasteiger charge is 2.21. The molecule has 0 unspecified atom stereocenters. The normalized spacial score (nSPS) is 15.0. The molecule has 0 saturated heterocycles. The van der Waals surface area contributed by atoms with Crippen molar-refractivity contribution in [3.05, 3.63) is 34.7 Å². The minimum Gasteiger partial charge on any atom is -0.419 e. The van der Waals surface area contributed by atoms with Crippen LogP contribution in [0, 0.1) is 6.92 Å². The van der Waals surface area contributed by atoms with Crippen molar-refractivity contribution in [2.24, 2.45) is 0 Å². The van der Waals surface area contributed by atoms with Gasteiger partial charge in [-0.3, -0.25) is 0 Å². The third-order valence-corrected chi connectivity index (χ3v) is 3.25. The first-order chi connectivity index (χ1) is 8.72. The first-order valence-electron chi connectivity index (χ1n) is 6.04. The van der Waals surface area contributed by atoms with E-state index in [1.54, 1.807) is 0 Å². The summed E-state index contributed by atoms with van der Waals surface area (Å²) in [5.41, 5.74) is 1.97. The topological polar surface area (TPSA) is 51.0 Å². The van der Waals surface area contributed by atoms with Crippen molar-refractivity contribution in [3.63, 3.8) is 0 Å². The molecule has 0 amide bonds. The molecule has 1 saturated carbocycles. The molecule has 0 bridgehead atoms. The average Bonchev–Trinajstić information content (AvgIpc) is 3.08. The highest BCUT2D eigenvalue weighted by molar-refractivity contribution is 6.30. The molecule has 1 aliphatic carbocycles. The Balaban J connectivity index is 1.80. The van der Waals surface area contributed by atoms with Crippen LogP contribution in [0.15, 0.2) is 22.6 Å². The van der Waals surface area contributed by atoms with Gasteiger partial charge in [-0.2, -0.15) is 0 Å². The second-order valence-electron chi connectivity index (χ2n) is 4.62. The van der Waals surface area contributed by atoms with E-state index >= 15 is 0 Å². The SMILES string of the molecule is Cc1ccc(Cl)cc1-c1nnc(CNC2CC2)o1. The number of hydrogen-bond acceptors (Lipinski definition) is 4.